The first kappa shape index (κ1) is 25.1. The van der Waals surface area contributed by atoms with Gasteiger partial charge in [-0.1, -0.05) is 36.4 Å². The Morgan fingerprint density at radius 1 is 1.34 bits per heavy atom. The molecular formula is C24H23ClF2N4O3S. The van der Waals surface area contributed by atoms with Crippen LogP contribution in [-0.4, -0.2) is 40.1 Å². The van der Waals surface area contributed by atoms with Gasteiger partial charge in [0.05, 0.1) is 16.4 Å². The molecule has 7 nitrogen and oxygen atoms in total. The zero-order valence-corrected chi connectivity index (χ0v) is 20.5. The van der Waals surface area contributed by atoms with E-state index in [1.54, 1.807) is 13.0 Å². The van der Waals surface area contributed by atoms with Crippen LogP contribution in [0.3, 0.4) is 0 Å². The standard InChI is InChI=1S/C24H23ClF2N4O3S/c1-3-34-19(32)8-9-24-13(2)20(24)23(12-26,31-22(28)35-24)16-10-15(5-6-17(16)27)30-21(33)18-7-4-14(25)11-29-18/h4-11,13,20H,3,12H2,1-2H3,(H2,28,31)(H,30,33)/b9-8+/t13-,20-,23+,24-/m0/s1. The lowest BCUT2D eigenvalue weighted by Crippen LogP contribution is -2.39. The van der Waals surface area contributed by atoms with E-state index in [4.69, 9.17) is 22.1 Å². The lowest BCUT2D eigenvalue weighted by Gasteiger charge is -2.34. The van der Waals surface area contributed by atoms with E-state index in [1.807, 2.05) is 6.92 Å². The molecule has 1 aliphatic carbocycles. The molecular weight excluding hydrogens is 498 g/mol. The van der Waals surface area contributed by atoms with Gasteiger partial charge in [0.1, 0.15) is 23.7 Å². The number of carbonyl (C=O) groups is 2. The third kappa shape index (κ3) is 4.52. The van der Waals surface area contributed by atoms with Gasteiger partial charge < -0.3 is 15.8 Å². The number of anilines is 1. The van der Waals surface area contributed by atoms with E-state index < -0.39 is 40.6 Å². The minimum absolute atomic E-state index is 0.0339. The predicted octanol–water partition coefficient (Wildman–Crippen LogP) is 4.48. The molecule has 4 rings (SSSR count). The number of hydrogen-bond acceptors (Lipinski definition) is 7. The summed E-state index contributed by atoms with van der Waals surface area (Å²) in [7, 11) is 0. The molecule has 0 spiro atoms. The number of nitrogens with two attached hydrogens (primary N) is 1. The Bertz CT molecular complexity index is 1230. The van der Waals surface area contributed by atoms with Crippen molar-refractivity contribution in [2.24, 2.45) is 22.6 Å². The van der Waals surface area contributed by atoms with Gasteiger partial charge in [-0.3, -0.25) is 4.79 Å². The highest BCUT2D eigenvalue weighted by atomic mass is 35.5. The van der Waals surface area contributed by atoms with Gasteiger partial charge in [-0.2, -0.15) is 0 Å². The van der Waals surface area contributed by atoms with E-state index in [9.17, 15) is 14.0 Å². The van der Waals surface area contributed by atoms with Crippen molar-refractivity contribution in [2.45, 2.75) is 24.1 Å². The Labute approximate surface area is 210 Å². The van der Waals surface area contributed by atoms with Crippen LogP contribution in [0.2, 0.25) is 5.02 Å². The number of nitrogens with zero attached hydrogens (tertiary/aromatic N) is 2. The van der Waals surface area contributed by atoms with Crippen LogP contribution in [-0.2, 0) is 15.1 Å². The minimum atomic E-state index is -1.63. The minimum Gasteiger partial charge on any atom is -0.463 e. The maximum absolute atomic E-state index is 15.2. The van der Waals surface area contributed by atoms with E-state index in [-0.39, 0.29) is 34.6 Å². The van der Waals surface area contributed by atoms with Crippen LogP contribution in [0.25, 0.3) is 0 Å². The highest BCUT2D eigenvalue weighted by Gasteiger charge is 2.72. The number of thioether (sulfide) groups is 1. The molecule has 3 N–H and O–H groups in total. The highest BCUT2D eigenvalue weighted by molar-refractivity contribution is 8.15. The lowest BCUT2D eigenvalue weighted by molar-refractivity contribution is -0.137. The number of hydrogen-bond donors (Lipinski definition) is 2. The molecule has 1 aromatic carbocycles. The fourth-order valence-corrected chi connectivity index (χ4v) is 6.30. The Kier molecular flexibility index (Phi) is 6.88. The third-order valence-electron chi connectivity index (χ3n) is 6.32. The number of aliphatic imine (C=N–C) groups is 1. The maximum atomic E-state index is 15.2. The number of aromatic nitrogens is 1. The molecule has 1 aromatic heterocycles. The Morgan fingerprint density at radius 3 is 2.77 bits per heavy atom. The first-order valence-corrected chi connectivity index (χ1v) is 12.1. The number of amides is 1. The summed E-state index contributed by atoms with van der Waals surface area (Å²) in [5, 5.41) is 3.10. The zero-order valence-electron chi connectivity index (χ0n) is 18.9. The molecule has 1 fully saturated rings. The van der Waals surface area contributed by atoms with Crippen molar-refractivity contribution in [3.63, 3.8) is 0 Å². The average molecular weight is 521 g/mol. The van der Waals surface area contributed by atoms with Crippen LogP contribution in [0.5, 0.6) is 0 Å². The second-order valence-corrected chi connectivity index (χ2v) is 10.1. The molecule has 35 heavy (non-hydrogen) atoms. The van der Waals surface area contributed by atoms with Gasteiger partial charge in [-0.25, -0.2) is 23.6 Å². The molecule has 1 amide bonds. The Balaban J connectivity index is 1.69. The number of alkyl halides is 1. The molecule has 0 saturated heterocycles. The molecule has 0 bridgehead atoms. The van der Waals surface area contributed by atoms with Crippen molar-refractivity contribution in [2.75, 3.05) is 18.6 Å². The summed E-state index contributed by atoms with van der Waals surface area (Å²) in [6, 6.07) is 6.85. The number of ether oxygens (including phenoxy) is 1. The van der Waals surface area contributed by atoms with E-state index in [1.165, 1.54) is 48.3 Å². The fourth-order valence-electron chi connectivity index (χ4n) is 4.70. The van der Waals surface area contributed by atoms with Crippen LogP contribution in [0.1, 0.15) is 29.9 Å². The van der Waals surface area contributed by atoms with Crippen molar-refractivity contribution in [3.05, 3.63) is 70.8 Å². The number of halogens is 3. The van der Waals surface area contributed by atoms with Gasteiger partial charge in [0.25, 0.3) is 5.91 Å². The van der Waals surface area contributed by atoms with Crippen LogP contribution in [0.4, 0.5) is 14.5 Å². The lowest BCUT2D eigenvalue weighted by atomic mass is 9.84. The van der Waals surface area contributed by atoms with Crippen LogP contribution in [0, 0.1) is 17.7 Å². The van der Waals surface area contributed by atoms with Crippen LogP contribution in [0.15, 0.2) is 53.7 Å². The summed E-state index contributed by atoms with van der Waals surface area (Å²) < 4.78 is 34.2. The van der Waals surface area contributed by atoms with E-state index >= 15 is 4.39 Å². The molecule has 1 saturated carbocycles. The summed E-state index contributed by atoms with van der Waals surface area (Å²) in [5.74, 6) is -2.41. The van der Waals surface area contributed by atoms with E-state index in [0.29, 0.717) is 5.02 Å². The number of carbonyl (C=O) groups excluding carboxylic acids is 2. The molecule has 2 aliphatic rings. The van der Waals surface area contributed by atoms with Crippen molar-refractivity contribution < 1.29 is 23.1 Å². The highest BCUT2D eigenvalue weighted by Crippen LogP contribution is 2.70. The summed E-state index contributed by atoms with van der Waals surface area (Å²) in [4.78, 5) is 32.8. The van der Waals surface area contributed by atoms with E-state index in [2.05, 4.69) is 15.3 Å². The second-order valence-electron chi connectivity index (χ2n) is 8.33. The number of rotatable bonds is 7. The van der Waals surface area contributed by atoms with Crippen LogP contribution < -0.4 is 11.1 Å². The number of esters is 1. The number of benzene rings is 1. The smallest absolute Gasteiger partial charge is 0.330 e. The number of pyridine rings is 1. The van der Waals surface area contributed by atoms with Crippen molar-refractivity contribution in [3.8, 4) is 0 Å². The first-order valence-electron chi connectivity index (χ1n) is 10.9. The Hall–Kier alpha value is -2.98. The third-order valence-corrected chi connectivity index (χ3v) is 7.95. The van der Waals surface area contributed by atoms with Crippen LogP contribution >= 0.6 is 23.4 Å². The molecule has 2 heterocycles. The molecule has 11 heteroatoms. The summed E-state index contributed by atoms with van der Waals surface area (Å²) in [6.45, 7) is 2.76. The predicted molar refractivity (Wildman–Crippen MR) is 132 cm³/mol. The average Bonchev–Trinajstić information content (AvgIpc) is 3.43. The van der Waals surface area contributed by atoms with Crippen molar-refractivity contribution in [1.82, 2.24) is 4.98 Å². The normalized spacial score (nSPS) is 27.2. The van der Waals surface area contributed by atoms with Crippen molar-refractivity contribution >= 4 is 46.1 Å². The molecule has 0 unspecified atom stereocenters. The SMILES string of the molecule is CCOC(=O)/C=C/[C@@]12SC(N)=N[C@](CF)(c3cc(NC(=O)c4ccc(Cl)cn4)ccc3F)[C@@H]1[C@@H]2C. The molecule has 0 radical (unpaired) electrons. The van der Waals surface area contributed by atoms with E-state index in [0.717, 1.165) is 6.07 Å². The van der Waals surface area contributed by atoms with Gasteiger partial charge in [-0.15, -0.1) is 0 Å². The zero-order chi connectivity index (χ0) is 25.4. The van der Waals surface area contributed by atoms with Gasteiger partial charge in [-0.05, 0) is 43.2 Å². The largest absolute Gasteiger partial charge is 0.463 e. The molecule has 184 valence electrons. The summed E-state index contributed by atoms with van der Waals surface area (Å²) in [6.07, 6.45) is 4.27. The Morgan fingerprint density at radius 2 is 2.11 bits per heavy atom. The number of nitrogens with one attached hydrogen (secondary N) is 1. The van der Waals surface area contributed by atoms with Crippen molar-refractivity contribution in [1.29, 1.82) is 0 Å². The topological polar surface area (TPSA) is 107 Å². The molecule has 2 aromatic rings. The summed E-state index contributed by atoms with van der Waals surface area (Å²) in [5.41, 5.74) is 4.78. The maximum Gasteiger partial charge on any atom is 0.330 e. The second kappa shape index (κ2) is 9.58. The number of fused-ring (bicyclic) bond motifs is 1. The fraction of sp³-hybridized carbons (Fsp3) is 0.333. The van der Waals surface area contributed by atoms with Gasteiger partial charge in [0.15, 0.2) is 5.17 Å². The molecule has 1 aliphatic heterocycles. The first-order chi connectivity index (χ1) is 16.7. The monoisotopic (exact) mass is 520 g/mol. The number of amidine groups is 1. The van der Waals surface area contributed by atoms with Gasteiger partial charge >= 0.3 is 5.97 Å². The molecule has 4 atom stereocenters. The summed E-state index contributed by atoms with van der Waals surface area (Å²) >= 11 is 7.03. The quantitative estimate of drug-likeness (QED) is 0.412. The van der Waals surface area contributed by atoms with Gasteiger partial charge in [0.2, 0.25) is 0 Å². The van der Waals surface area contributed by atoms with Gasteiger partial charge in [0, 0.05) is 29.4 Å².